The SMILES string of the molecule is CC(C#N)CNCc1ccc(N(C)C)cc1. The van der Waals surface area contributed by atoms with Crippen LogP contribution in [0.1, 0.15) is 12.5 Å². The molecule has 1 rings (SSSR count). The molecule has 0 spiro atoms. The van der Waals surface area contributed by atoms with Gasteiger partial charge in [0.2, 0.25) is 0 Å². The van der Waals surface area contributed by atoms with Crippen LogP contribution in [0, 0.1) is 17.2 Å². The Bertz CT molecular complexity index is 348. The van der Waals surface area contributed by atoms with Crippen LogP contribution in [0.5, 0.6) is 0 Å². The highest BCUT2D eigenvalue weighted by atomic mass is 15.1. The Morgan fingerprint density at radius 1 is 1.31 bits per heavy atom. The van der Waals surface area contributed by atoms with Crippen molar-refractivity contribution in [3.8, 4) is 6.07 Å². The van der Waals surface area contributed by atoms with E-state index in [-0.39, 0.29) is 5.92 Å². The van der Waals surface area contributed by atoms with E-state index < -0.39 is 0 Å². The van der Waals surface area contributed by atoms with E-state index in [1.165, 1.54) is 11.3 Å². The van der Waals surface area contributed by atoms with Crippen LogP contribution < -0.4 is 10.2 Å². The van der Waals surface area contributed by atoms with Crippen molar-refractivity contribution in [3.05, 3.63) is 29.8 Å². The normalized spacial score (nSPS) is 11.9. The fourth-order valence-electron chi connectivity index (χ4n) is 1.39. The second kappa shape index (κ2) is 6.14. The lowest BCUT2D eigenvalue weighted by Crippen LogP contribution is -2.19. The van der Waals surface area contributed by atoms with Crippen molar-refractivity contribution >= 4 is 5.69 Å². The quantitative estimate of drug-likeness (QED) is 0.820. The maximum atomic E-state index is 8.63. The van der Waals surface area contributed by atoms with Gasteiger partial charge in [-0.05, 0) is 24.6 Å². The highest BCUT2D eigenvalue weighted by Gasteiger charge is 1.99. The molecule has 86 valence electrons. The average molecular weight is 217 g/mol. The Morgan fingerprint density at radius 3 is 2.44 bits per heavy atom. The van der Waals surface area contributed by atoms with Gasteiger partial charge in [-0.3, -0.25) is 0 Å². The van der Waals surface area contributed by atoms with Crippen LogP contribution in [0.25, 0.3) is 0 Å². The number of hydrogen-bond acceptors (Lipinski definition) is 3. The summed E-state index contributed by atoms with van der Waals surface area (Å²) in [4.78, 5) is 2.08. The van der Waals surface area contributed by atoms with Gasteiger partial charge < -0.3 is 10.2 Å². The van der Waals surface area contributed by atoms with Crippen LogP contribution >= 0.6 is 0 Å². The van der Waals surface area contributed by atoms with Crippen molar-refractivity contribution < 1.29 is 0 Å². The zero-order valence-corrected chi connectivity index (χ0v) is 10.2. The molecule has 3 nitrogen and oxygen atoms in total. The molecule has 0 aromatic heterocycles. The van der Waals surface area contributed by atoms with E-state index in [2.05, 4.69) is 40.6 Å². The molecule has 1 unspecified atom stereocenters. The molecule has 1 aromatic rings. The molecule has 16 heavy (non-hydrogen) atoms. The highest BCUT2D eigenvalue weighted by Crippen LogP contribution is 2.11. The van der Waals surface area contributed by atoms with Gasteiger partial charge in [0.25, 0.3) is 0 Å². The van der Waals surface area contributed by atoms with Gasteiger partial charge in [-0.1, -0.05) is 12.1 Å². The predicted octanol–water partition coefficient (Wildman–Crippen LogP) is 2.00. The summed E-state index contributed by atoms with van der Waals surface area (Å²) in [5, 5.41) is 11.9. The van der Waals surface area contributed by atoms with Crippen LogP contribution in [0.3, 0.4) is 0 Å². The maximum absolute atomic E-state index is 8.63. The highest BCUT2D eigenvalue weighted by molar-refractivity contribution is 5.45. The smallest absolute Gasteiger partial charge is 0.0666 e. The number of nitriles is 1. The van der Waals surface area contributed by atoms with Gasteiger partial charge in [0.15, 0.2) is 0 Å². The summed E-state index contributed by atoms with van der Waals surface area (Å²) in [6.07, 6.45) is 0. The molecular formula is C13H19N3. The molecule has 1 N–H and O–H groups in total. The molecule has 1 aromatic carbocycles. The van der Waals surface area contributed by atoms with Crippen molar-refractivity contribution in [2.45, 2.75) is 13.5 Å². The minimum atomic E-state index is 0.0704. The van der Waals surface area contributed by atoms with Crippen LogP contribution in [0.2, 0.25) is 0 Å². The number of hydrogen-bond donors (Lipinski definition) is 1. The first-order valence-electron chi connectivity index (χ1n) is 5.50. The summed E-state index contributed by atoms with van der Waals surface area (Å²) < 4.78 is 0. The Balaban J connectivity index is 2.41. The first-order chi connectivity index (χ1) is 7.63. The molecular weight excluding hydrogens is 198 g/mol. The van der Waals surface area contributed by atoms with E-state index in [4.69, 9.17) is 5.26 Å². The van der Waals surface area contributed by atoms with Crippen molar-refractivity contribution in [3.63, 3.8) is 0 Å². The van der Waals surface area contributed by atoms with Crippen molar-refractivity contribution in [2.75, 3.05) is 25.5 Å². The summed E-state index contributed by atoms with van der Waals surface area (Å²) in [6.45, 7) is 3.48. The Labute approximate surface area is 97.7 Å². The molecule has 0 radical (unpaired) electrons. The zero-order chi connectivity index (χ0) is 12.0. The second-order valence-corrected chi connectivity index (χ2v) is 4.22. The monoisotopic (exact) mass is 217 g/mol. The van der Waals surface area contributed by atoms with Gasteiger partial charge in [0.05, 0.1) is 12.0 Å². The molecule has 0 aliphatic rings. The molecule has 0 amide bonds. The first kappa shape index (κ1) is 12.5. The first-order valence-corrected chi connectivity index (χ1v) is 5.50. The van der Waals surface area contributed by atoms with E-state index in [1.54, 1.807) is 0 Å². The van der Waals surface area contributed by atoms with Crippen LogP contribution in [-0.4, -0.2) is 20.6 Å². The third-order valence-corrected chi connectivity index (χ3v) is 2.45. The minimum absolute atomic E-state index is 0.0704. The molecule has 0 fully saturated rings. The summed E-state index contributed by atoms with van der Waals surface area (Å²) in [5.41, 5.74) is 2.45. The van der Waals surface area contributed by atoms with Gasteiger partial charge in [-0.15, -0.1) is 0 Å². The lowest BCUT2D eigenvalue weighted by molar-refractivity contribution is 0.602. The van der Waals surface area contributed by atoms with Gasteiger partial charge in [0, 0.05) is 32.9 Å². The van der Waals surface area contributed by atoms with E-state index in [0.717, 1.165) is 13.1 Å². The third-order valence-electron chi connectivity index (χ3n) is 2.45. The fraction of sp³-hybridized carbons (Fsp3) is 0.462. The summed E-state index contributed by atoms with van der Waals surface area (Å²) >= 11 is 0. The number of nitrogens with zero attached hydrogens (tertiary/aromatic N) is 2. The number of benzene rings is 1. The number of nitrogens with one attached hydrogen (secondary N) is 1. The van der Waals surface area contributed by atoms with Crippen LogP contribution in [0.15, 0.2) is 24.3 Å². The largest absolute Gasteiger partial charge is 0.378 e. The lowest BCUT2D eigenvalue weighted by Gasteiger charge is -2.13. The van der Waals surface area contributed by atoms with Crippen LogP contribution in [-0.2, 0) is 6.54 Å². The number of rotatable bonds is 5. The molecule has 0 aliphatic heterocycles. The molecule has 3 heteroatoms. The number of anilines is 1. The third kappa shape index (κ3) is 3.92. The lowest BCUT2D eigenvalue weighted by atomic mass is 10.2. The van der Waals surface area contributed by atoms with E-state index in [1.807, 2.05) is 21.0 Å². The van der Waals surface area contributed by atoms with Gasteiger partial charge in [-0.2, -0.15) is 5.26 Å². The van der Waals surface area contributed by atoms with E-state index >= 15 is 0 Å². The van der Waals surface area contributed by atoms with E-state index in [9.17, 15) is 0 Å². The molecule has 0 saturated heterocycles. The molecule has 1 atom stereocenters. The van der Waals surface area contributed by atoms with Crippen LogP contribution in [0.4, 0.5) is 5.69 Å². The molecule has 0 aliphatic carbocycles. The Morgan fingerprint density at radius 2 is 1.94 bits per heavy atom. The standard InChI is InChI=1S/C13H19N3/c1-11(8-14)9-15-10-12-4-6-13(7-5-12)16(2)3/h4-7,11,15H,9-10H2,1-3H3. The topological polar surface area (TPSA) is 39.1 Å². The summed E-state index contributed by atoms with van der Waals surface area (Å²) in [5.74, 6) is 0.0704. The molecule has 0 saturated carbocycles. The predicted molar refractivity (Wildman–Crippen MR) is 67.3 cm³/mol. The second-order valence-electron chi connectivity index (χ2n) is 4.22. The average Bonchev–Trinajstić information content (AvgIpc) is 2.29. The molecule has 0 heterocycles. The zero-order valence-electron chi connectivity index (χ0n) is 10.2. The summed E-state index contributed by atoms with van der Waals surface area (Å²) in [7, 11) is 4.06. The minimum Gasteiger partial charge on any atom is -0.378 e. The van der Waals surface area contributed by atoms with Crippen molar-refractivity contribution in [2.24, 2.45) is 5.92 Å². The van der Waals surface area contributed by atoms with Crippen molar-refractivity contribution in [1.82, 2.24) is 5.32 Å². The van der Waals surface area contributed by atoms with Crippen molar-refractivity contribution in [1.29, 1.82) is 5.26 Å². The van der Waals surface area contributed by atoms with Gasteiger partial charge in [-0.25, -0.2) is 0 Å². The molecule has 0 bridgehead atoms. The van der Waals surface area contributed by atoms with E-state index in [0.29, 0.717) is 0 Å². The Kier molecular flexibility index (Phi) is 4.81. The summed E-state index contributed by atoms with van der Waals surface area (Å²) in [6, 6.07) is 10.6. The van der Waals surface area contributed by atoms with Gasteiger partial charge in [0.1, 0.15) is 0 Å². The van der Waals surface area contributed by atoms with Gasteiger partial charge >= 0.3 is 0 Å². The maximum Gasteiger partial charge on any atom is 0.0666 e. The fourth-order valence-corrected chi connectivity index (χ4v) is 1.39. The Hall–Kier alpha value is -1.53.